The highest BCUT2D eigenvalue weighted by Crippen LogP contribution is 2.50. The molecule has 1 aliphatic rings. The summed E-state index contributed by atoms with van der Waals surface area (Å²) >= 11 is 1.49. The van der Waals surface area contributed by atoms with E-state index in [-0.39, 0.29) is 12.5 Å². The number of amides is 2. The fraction of sp³-hybridized carbons (Fsp3) is 0.308. The van der Waals surface area contributed by atoms with Gasteiger partial charge in [0.1, 0.15) is 0 Å². The van der Waals surface area contributed by atoms with Gasteiger partial charge in [0.2, 0.25) is 5.91 Å². The van der Waals surface area contributed by atoms with Gasteiger partial charge in [0, 0.05) is 4.88 Å². The Morgan fingerprint density at radius 1 is 1.03 bits per heavy atom. The zero-order chi connectivity index (χ0) is 23.6. The molecule has 1 aliphatic heterocycles. The number of hydrogen-bond donors (Lipinski definition) is 1. The highest BCUT2D eigenvalue weighted by molar-refractivity contribution is 7.10. The fourth-order valence-electron chi connectivity index (χ4n) is 4.93. The molecule has 33 heavy (non-hydrogen) atoms. The van der Waals surface area contributed by atoms with Crippen molar-refractivity contribution < 1.29 is 19.4 Å². The molecule has 1 aromatic heterocycles. The first kappa shape index (κ1) is 23.4. The number of nitrogens with zero attached hydrogens (tertiary/aromatic N) is 1. The molecule has 2 amide bonds. The van der Waals surface area contributed by atoms with Crippen LogP contribution in [0.3, 0.4) is 0 Å². The molecular weight excluding hydrogens is 450 g/mol. The molecule has 0 spiro atoms. The predicted octanol–water partition coefficient (Wildman–Crippen LogP) is 5.12. The summed E-state index contributed by atoms with van der Waals surface area (Å²) in [5, 5.41) is 13.4. The van der Waals surface area contributed by atoms with Crippen LogP contribution in [0.15, 0.2) is 78.2 Å². The Balaban J connectivity index is 1.78. The van der Waals surface area contributed by atoms with Crippen LogP contribution in [0.4, 0.5) is 4.79 Å². The quantitative estimate of drug-likeness (QED) is 0.478. The van der Waals surface area contributed by atoms with Gasteiger partial charge in [0.25, 0.3) is 0 Å². The molecule has 5 nitrogen and oxygen atoms in total. The first-order valence-electron chi connectivity index (χ1n) is 11.1. The van der Waals surface area contributed by atoms with Crippen molar-refractivity contribution in [3.05, 3.63) is 88.6 Å². The molecular formula is C26H29NO4SSi. The van der Waals surface area contributed by atoms with Gasteiger partial charge in [-0.1, -0.05) is 85.0 Å². The number of cyclic esters (lactones) is 1. The molecule has 0 saturated carbocycles. The van der Waals surface area contributed by atoms with Crippen LogP contribution < -0.4 is 5.19 Å². The van der Waals surface area contributed by atoms with Crippen LogP contribution in [0.1, 0.15) is 29.5 Å². The number of benzene rings is 2. The number of imide groups is 1. The van der Waals surface area contributed by atoms with Gasteiger partial charge in [-0.15, -0.1) is 11.3 Å². The van der Waals surface area contributed by atoms with Crippen molar-refractivity contribution >= 4 is 36.6 Å². The van der Waals surface area contributed by atoms with Gasteiger partial charge in [0.15, 0.2) is 6.10 Å². The second-order valence-electron chi connectivity index (χ2n) is 9.41. The lowest BCUT2D eigenvalue weighted by molar-refractivity contribution is -0.158. The maximum Gasteiger partial charge on any atom is 0.417 e. The van der Waals surface area contributed by atoms with E-state index in [2.05, 4.69) is 25.2 Å². The first-order valence-corrected chi connectivity index (χ1v) is 15.2. The SMILES string of the molecule is C[C@]1(C[Si](C)(C)c2ccccc2)C(=O)N([C@H](CO)c2ccccc2)C(=O)O[C@@H]1c1cccs1. The predicted molar refractivity (Wildman–Crippen MR) is 133 cm³/mol. The normalized spacial score (nSPS) is 22.2. The van der Waals surface area contributed by atoms with E-state index in [1.807, 2.05) is 73.0 Å². The van der Waals surface area contributed by atoms with Gasteiger partial charge in [-0.05, 0) is 30.0 Å². The second-order valence-corrected chi connectivity index (χ2v) is 15.1. The summed E-state index contributed by atoms with van der Waals surface area (Å²) < 4.78 is 6.00. The first-order chi connectivity index (χ1) is 15.8. The molecule has 7 heteroatoms. The lowest BCUT2D eigenvalue weighted by atomic mass is 9.81. The molecule has 0 aliphatic carbocycles. The summed E-state index contributed by atoms with van der Waals surface area (Å²) in [6, 6.07) is 23.1. The van der Waals surface area contributed by atoms with Crippen molar-refractivity contribution in [1.82, 2.24) is 4.90 Å². The van der Waals surface area contributed by atoms with Crippen molar-refractivity contribution in [3.63, 3.8) is 0 Å². The molecule has 0 bridgehead atoms. The van der Waals surface area contributed by atoms with E-state index >= 15 is 0 Å². The van der Waals surface area contributed by atoms with Crippen LogP contribution in [0.5, 0.6) is 0 Å². The molecule has 1 fully saturated rings. The number of aliphatic hydroxyl groups is 1. The van der Waals surface area contributed by atoms with Crippen molar-refractivity contribution in [2.24, 2.45) is 5.41 Å². The number of ether oxygens (including phenoxy) is 1. The van der Waals surface area contributed by atoms with Crippen LogP contribution in [-0.4, -0.2) is 36.7 Å². The van der Waals surface area contributed by atoms with E-state index in [0.29, 0.717) is 11.6 Å². The maximum absolute atomic E-state index is 14.2. The fourth-order valence-corrected chi connectivity index (χ4v) is 9.30. The Hall–Kier alpha value is -2.74. The van der Waals surface area contributed by atoms with Crippen molar-refractivity contribution in [3.8, 4) is 0 Å². The Morgan fingerprint density at radius 3 is 2.24 bits per heavy atom. The number of aliphatic hydroxyl groups excluding tert-OH is 1. The Kier molecular flexibility index (Phi) is 6.56. The van der Waals surface area contributed by atoms with Gasteiger partial charge in [0.05, 0.1) is 26.1 Å². The summed E-state index contributed by atoms with van der Waals surface area (Å²) in [7, 11) is -2.11. The van der Waals surface area contributed by atoms with Crippen LogP contribution in [0, 0.1) is 5.41 Å². The average Bonchev–Trinajstić information content (AvgIpc) is 3.35. The van der Waals surface area contributed by atoms with Gasteiger partial charge < -0.3 is 9.84 Å². The van der Waals surface area contributed by atoms with E-state index in [9.17, 15) is 14.7 Å². The minimum atomic E-state index is -2.11. The largest absolute Gasteiger partial charge is 0.439 e. The molecule has 3 atom stereocenters. The van der Waals surface area contributed by atoms with Gasteiger partial charge in [-0.25, -0.2) is 9.69 Å². The number of hydrogen-bond acceptors (Lipinski definition) is 5. The van der Waals surface area contributed by atoms with E-state index in [0.717, 1.165) is 9.78 Å². The van der Waals surface area contributed by atoms with Gasteiger partial charge in [-0.3, -0.25) is 4.79 Å². The highest BCUT2D eigenvalue weighted by Gasteiger charge is 2.57. The summed E-state index contributed by atoms with van der Waals surface area (Å²) in [5.74, 6) is -0.295. The molecule has 0 unspecified atom stereocenters. The Labute approximate surface area is 199 Å². The van der Waals surface area contributed by atoms with Crippen LogP contribution in [-0.2, 0) is 9.53 Å². The van der Waals surface area contributed by atoms with Gasteiger partial charge in [-0.2, -0.15) is 0 Å². The van der Waals surface area contributed by atoms with Crippen LogP contribution >= 0.6 is 11.3 Å². The van der Waals surface area contributed by atoms with Gasteiger partial charge >= 0.3 is 6.09 Å². The molecule has 1 saturated heterocycles. The molecule has 0 radical (unpaired) electrons. The Morgan fingerprint density at radius 2 is 1.67 bits per heavy atom. The lowest BCUT2D eigenvalue weighted by Crippen LogP contribution is -2.59. The monoisotopic (exact) mass is 479 g/mol. The number of thiophene rings is 1. The molecule has 2 aromatic carbocycles. The van der Waals surface area contributed by atoms with E-state index in [1.165, 1.54) is 16.5 Å². The third-order valence-electron chi connectivity index (χ3n) is 6.54. The molecule has 2 heterocycles. The lowest BCUT2D eigenvalue weighted by Gasteiger charge is -2.47. The van der Waals surface area contributed by atoms with E-state index in [1.54, 1.807) is 0 Å². The van der Waals surface area contributed by atoms with Crippen molar-refractivity contribution in [2.75, 3.05) is 6.61 Å². The summed E-state index contributed by atoms with van der Waals surface area (Å²) in [6.07, 6.45) is -1.38. The zero-order valence-electron chi connectivity index (χ0n) is 19.1. The van der Waals surface area contributed by atoms with E-state index in [4.69, 9.17) is 4.74 Å². The smallest absolute Gasteiger partial charge is 0.417 e. The third kappa shape index (κ3) is 4.40. The van der Waals surface area contributed by atoms with Crippen molar-refractivity contribution in [1.29, 1.82) is 0 Å². The van der Waals surface area contributed by atoms with Crippen molar-refractivity contribution in [2.45, 2.75) is 38.2 Å². The number of carbonyl (C=O) groups excluding carboxylic acids is 2. The maximum atomic E-state index is 14.2. The number of rotatable bonds is 7. The Bertz CT molecular complexity index is 1100. The minimum absolute atomic E-state index is 0.295. The van der Waals surface area contributed by atoms with E-state index < -0.39 is 31.7 Å². The second kappa shape index (κ2) is 9.25. The summed E-state index contributed by atoms with van der Waals surface area (Å²) in [4.78, 5) is 29.4. The minimum Gasteiger partial charge on any atom is -0.439 e. The molecule has 1 N–H and O–H groups in total. The molecule has 172 valence electrons. The summed E-state index contributed by atoms with van der Waals surface area (Å²) in [5.41, 5.74) is -0.270. The standard InChI is InChI=1S/C26H29NO4SSi/c1-26(18-33(2,3)20-13-8-5-9-14-20)23(22-15-10-16-32-22)31-25(30)27(24(26)29)21(17-28)19-11-6-4-7-12-19/h4-16,21,23,28H,17-18H2,1-3H3/t21-,23-,26-/m1/s1. The summed E-state index contributed by atoms with van der Waals surface area (Å²) in [6.45, 7) is 6.03. The highest BCUT2D eigenvalue weighted by atomic mass is 32.1. The van der Waals surface area contributed by atoms with Crippen LogP contribution in [0.25, 0.3) is 0 Å². The third-order valence-corrected chi connectivity index (χ3v) is 11.0. The topological polar surface area (TPSA) is 66.8 Å². The molecule has 3 aromatic rings. The number of carbonyl (C=O) groups is 2. The van der Waals surface area contributed by atoms with Crippen LogP contribution in [0.2, 0.25) is 19.1 Å². The molecule has 4 rings (SSSR count). The average molecular weight is 480 g/mol. The zero-order valence-corrected chi connectivity index (χ0v) is 20.9.